The number of furan rings is 1. The van der Waals surface area contributed by atoms with Crippen molar-refractivity contribution in [2.24, 2.45) is 0 Å². The van der Waals surface area contributed by atoms with Crippen molar-refractivity contribution in [3.63, 3.8) is 0 Å². The lowest BCUT2D eigenvalue weighted by atomic mass is 9.92. The average molecular weight is 394 g/mol. The maximum absolute atomic E-state index is 6.13. The van der Waals surface area contributed by atoms with Gasteiger partial charge in [0.15, 0.2) is 0 Å². The first-order valence-corrected chi connectivity index (χ1v) is 10.6. The molecular weight excluding hydrogens is 376 g/mol. The number of hydrogen-bond donors (Lipinski definition) is 0. The predicted molar refractivity (Wildman–Crippen MR) is 132 cm³/mol. The standard InChI is InChI=1S/C30H18O/c1-2-9-23-21(7-1)22-8-3-4-10-24(22)28-17-19(13-15-25(23)28)20-14-16-27-26-11-5-6-12-29(26)31-30(27)18-20/h1-18H. The molecule has 0 amide bonds. The van der Waals surface area contributed by atoms with Gasteiger partial charge in [0.05, 0.1) is 0 Å². The number of hydrogen-bond acceptors (Lipinski definition) is 1. The molecular formula is C30H18O. The number of rotatable bonds is 1. The van der Waals surface area contributed by atoms with E-state index >= 15 is 0 Å². The van der Waals surface area contributed by atoms with E-state index in [9.17, 15) is 0 Å². The molecule has 0 aliphatic heterocycles. The lowest BCUT2D eigenvalue weighted by molar-refractivity contribution is 0.669. The third kappa shape index (κ3) is 2.38. The Morgan fingerprint density at radius 3 is 1.45 bits per heavy atom. The van der Waals surface area contributed by atoms with Crippen LogP contribution in [0.15, 0.2) is 114 Å². The molecule has 0 atom stereocenters. The SMILES string of the molecule is c1ccc2c(c1)oc1cc(-c3ccc4c5ccccc5c5ccccc5c4c3)ccc12. The molecule has 0 N–H and O–H groups in total. The molecule has 1 heteroatoms. The van der Waals surface area contributed by atoms with Crippen LogP contribution in [0.2, 0.25) is 0 Å². The molecule has 144 valence electrons. The molecule has 0 aliphatic carbocycles. The second-order valence-electron chi connectivity index (χ2n) is 8.16. The zero-order valence-electron chi connectivity index (χ0n) is 16.8. The molecule has 0 spiro atoms. The minimum Gasteiger partial charge on any atom is -0.456 e. The lowest BCUT2D eigenvalue weighted by Gasteiger charge is -2.12. The van der Waals surface area contributed by atoms with Gasteiger partial charge in [-0.05, 0) is 67.7 Å². The molecule has 0 fully saturated rings. The van der Waals surface area contributed by atoms with Gasteiger partial charge in [-0.15, -0.1) is 0 Å². The fraction of sp³-hybridized carbons (Fsp3) is 0. The van der Waals surface area contributed by atoms with Crippen molar-refractivity contribution < 1.29 is 4.42 Å². The number of para-hydroxylation sites is 1. The topological polar surface area (TPSA) is 13.1 Å². The first-order chi connectivity index (χ1) is 15.4. The summed E-state index contributed by atoms with van der Waals surface area (Å²) < 4.78 is 6.13. The summed E-state index contributed by atoms with van der Waals surface area (Å²) in [6, 6.07) is 39.0. The summed E-state index contributed by atoms with van der Waals surface area (Å²) in [5, 5.41) is 10.1. The van der Waals surface area contributed by atoms with Crippen LogP contribution in [0.5, 0.6) is 0 Å². The minimum absolute atomic E-state index is 0.933. The van der Waals surface area contributed by atoms with E-state index in [0.717, 1.165) is 16.6 Å². The Morgan fingerprint density at radius 2 is 0.774 bits per heavy atom. The molecule has 0 bridgehead atoms. The van der Waals surface area contributed by atoms with E-state index in [1.54, 1.807) is 0 Å². The first kappa shape index (κ1) is 16.7. The zero-order valence-corrected chi connectivity index (χ0v) is 16.8. The van der Waals surface area contributed by atoms with Crippen molar-refractivity contribution in [1.82, 2.24) is 0 Å². The van der Waals surface area contributed by atoms with Crippen LogP contribution in [0.3, 0.4) is 0 Å². The monoisotopic (exact) mass is 394 g/mol. The highest BCUT2D eigenvalue weighted by atomic mass is 16.3. The highest BCUT2D eigenvalue weighted by Crippen LogP contribution is 2.38. The highest BCUT2D eigenvalue weighted by Gasteiger charge is 2.11. The van der Waals surface area contributed by atoms with Crippen molar-refractivity contribution in [2.75, 3.05) is 0 Å². The third-order valence-electron chi connectivity index (χ3n) is 6.46. The van der Waals surface area contributed by atoms with Crippen LogP contribution in [0.4, 0.5) is 0 Å². The summed E-state index contributed by atoms with van der Waals surface area (Å²) in [5.41, 5.74) is 4.24. The van der Waals surface area contributed by atoms with Crippen LogP contribution in [-0.4, -0.2) is 0 Å². The van der Waals surface area contributed by atoms with Gasteiger partial charge in [0.25, 0.3) is 0 Å². The Labute approximate surface area is 179 Å². The maximum Gasteiger partial charge on any atom is 0.136 e. The normalized spacial score (nSPS) is 11.9. The largest absolute Gasteiger partial charge is 0.456 e. The molecule has 7 rings (SSSR count). The number of benzene rings is 6. The molecule has 1 aromatic heterocycles. The Hall–Kier alpha value is -4.10. The van der Waals surface area contributed by atoms with E-state index in [1.165, 1.54) is 48.8 Å². The lowest BCUT2D eigenvalue weighted by Crippen LogP contribution is -1.85. The highest BCUT2D eigenvalue weighted by molar-refractivity contribution is 6.25. The van der Waals surface area contributed by atoms with E-state index in [0.29, 0.717) is 0 Å². The quantitative estimate of drug-likeness (QED) is 0.254. The van der Waals surface area contributed by atoms with Gasteiger partial charge in [-0.3, -0.25) is 0 Å². The van der Waals surface area contributed by atoms with Gasteiger partial charge in [0.2, 0.25) is 0 Å². The summed E-state index contributed by atoms with van der Waals surface area (Å²) in [4.78, 5) is 0. The Bertz CT molecular complexity index is 1750. The molecule has 0 radical (unpaired) electrons. The minimum atomic E-state index is 0.933. The van der Waals surface area contributed by atoms with Crippen molar-refractivity contribution >= 4 is 54.3 Å². The summed E-state index contributed by atoms with van der Waals surface area (Å²) in [7, 11) is 0. The molecule has 6 aromatic carbocycles. The Balaban J connectivity index is 1.52. The molecule has 7 aromatic rings. The summed E-state index contributed by atoms with van der Waals surface area (Å²) in [6.07, 6.45) is 0. The van der Waals surface area contributed by atoms with Gasteiger partial charge in [0.1, 0.15) is 11.2 Å². The molecule has 0 saturated heterocycles. The molecule has 0 aliphatic rings. The van der Waals surface area contributed by atoms with Crippen LogP contribution < -0.4 is 0 Å². The first-order valence-electron chi connectivity index (χ1n) is 10.6. The molecule has 0 unspecified atom stereocenters. The van der Waals surface area contributed by atoms with Gasteiger partial charge in [-0.1, -0.05) is 84.9 Å². The van der Waals surface area contributed by atoms with Crippen LogP contribution >= 0.6 is 0 Å². The smallest absolute Gasteiger partial charge is 0.136 e. The predicted octanol–water partition coefficient (Wildman–Crippen LogP) is 8.71. The van der Waals surface area contributed by atoms with E-state index in [-0.39, 0.29) is 0 Å². The van der Waals surface area contributed by atoms with E-state index in [4.69, 9.17) is 4.42 Å². The zero-order chi connectivity index (χ0) is 20.4. The van der Waals surface area contributed by atoms with E-state index in [2.05, 4.69) is 97.1 Å². The Kier molecular flexibility index (Phi) is 3.33. The second kappa shape index (κ2) is 6.20. The van der Waals surface area contributed by atoms with Crippen LogP contribution in [0, 0.1) is 0 Å². The van der Waals surface area contributed by atoms with Gasteiger partial charge >= 0.3 is 0 Å². The Morgan fingerprint density at radius 1 is 0.323 bits per heavy atom. The van der Waals surface area contributed by atoms with Crippen molar-refractivity contribution in [3.05, 3.63) is 109 Å². The number of fused-ring (bicyclic) bond motifs is 9. The average Bonchev–Trinajstić information content (AvgIpc) is 3.22. The van der Waals surface area contributed by atoms with Gasteiger partial charge in [-0.2, -0.15) is 0 Å². The summed E-state index contributed by atoms with van der Waals surface area (Å²) >= 11 is 0. The van der Waals surface area contributed by atoms with Gasteiger partial charge < -0.3 is 4.42 Å². The second-order valence-corrected chi connectivity index (χ2v) is 8.16. The van der Waals surface area contributed by atoms with Crippen molar-refractivity contribution in [3.8, 4) is 11.1 Å². The van der Waals surface area contributed by atoms with E-state index < -0.39 is 0 Å². The van der Waals surface area contributed by atoms with Crippen molar-refractivity contribution in [2.45, 2.75) is 0 Å². The molecule has 0 saturated carbocycles. The molecule has 1 nitrogen and oxygen atoms in total. The van der Waals surface area contributed by atoms with E-state index in [1.807, 2.05) is 12.1 Å². The third-order valence-corrected chi connectivity index (χ3v) is 6.46. The molecule has 31 heavy (non-hydrogen) atoms. The summed E-state index contributed by atoms with van der Waals surface area (Å²) in [6.45, 7) is 0. The fourth-order valence-corrected chi connectivity index (χ4v) is 4.99. The van der Waals surface area contributed by atoms with Crippen LogP contribution in [0.25, 0.3) is 65.4 Å². The fourth-order valence-electron chi connectivity index (χ4n) is 4.99. The summed E-state index contributed by atoms with van der Waals surface area (Å²) in [5.74, 6) is 0. The van der Waals surface area contributed by atoms with Gasteiger partial charge in [-0.25, -0.2) is 0 Å². The van der Waals surface area contributed by atoms with Crippen molar-refractivity contribution in [1.29, 1.82) is 0 Å². The van der Waals surface area contributed by atoms with Gasteiger partial charge in [0, 0.05) is 10.8 Å². The van der Waals surface area contributed by atoms with Crippen LogP contribution in [0.1, 0.15) is 0 Å². The van der Waals surface area contributed by atoms with Crippen LogP contribution in [-0.2, 0) is 0 Å². The maximum atomic E-state index is 6.13. The molecule has 1 heterocycles.